The lowest BCUT2D eigenvalue weighted by atomic mass is 10.0. The van der Waals surface area contributed by atoms with Crippen LogP contribution < -0.4 is 5.32 Å². The second-order valence-corrected chi connectivity index (χ2v) is 5.08. The molecule has 0 amide bonds. The molecule has 0 radical (unpaired) electrons. The van der Waals surface area contributed by atoms with Gasteiger partial charge in [0.15, 0.2) is 5.78 Å². The maximum absolute atomic E-state index is 12.0. The van der Waals surface area contributed by atoms with Gasteiger partial charge in [-0.05, 0) is 55.3 Å². The van der Waals surface area contributed by atoms with Gasteiger partial charge in [0, 0.05) is 28.5 Å². The van der Waals surface area contributed by atoms with Crippen molar-refractivity contribution in [2.75, 3.05) is 5.32 Å². The number of anilines is 1. The van der Waals surface area contributed by atoms with E-state index in [-0.39, 0.29) is 5.78 Å². The molecule has 0 heterocycles. The van der Waals surface area contributed by atoms with Crippen LogP contribution in [-0.4, -0.2) is 5.78 Å². The topological polar surface area (TPSA) is 29.1 Å². The van der Waals surface area contributed by atoms with E-state index in [0.29, 0.717) is 10.6 Å². The van der Waals surface area contributed by atoms with Crippen molar-refractivity contribution < 1.29 is 4.79 Å². The molecule has 20 heavy (non-hydrogen) atoms. The fourth-order valence-electron chi connectivity index (χ4n) is 1.75. The Bertz CT molecular complexity index is 645. The summed E-state index contributed by atoms with van der Waals surface area (Å²) in [7, 11) is 0. The van der Waals surface area contributed by atoms with Crippen molar-refractivity contribution in [2.24, 2.45) is 0 Å². The summed E-state index contributed by atoms with van der Waals surface area (Å²) < 4.78 is 0. The van der Waals surface area contributed by atoms with Crippen LogP contribution in [0.15, 0.2) is 54.7 Å². The van der Waals surface area contributed by atoms with Crippen molar-refractivity contribution >= 4 is 23.1 Å². The van der Waals surface area contributed by atoms with E-state index in [4.69, 9.17) is 11.6 Å². The van der Waals surface area contributed by atoms with Crippen LogP contribution >= 0.6 is 11.6 Å². The van der Waals surface area contributed by atoms with Crippen molar-refractivity contribution in [3.8, 4) is 0 Å². The number of halogens is 1. The Morgan fingerprint density at radius 3 is 2.40 bits per heavy atom. The molecule has 0 aromatic heterocycles. The second-order valence-electron chi connectivity index (χ2n) is 4.65. The van der Waals surface area contributed by atoms with E-state index in [1.54, 1.807) is 18.3 Å². The lowest BCUT2D eigenvalue weighted by Crippen LogP contribution is -1.97. The average molecular weight is 286 g/mol. The summed E-state index contributed by atoms with van der Waals surface area (Å²) in [6.45, 7) is 4.03. The molecule has 0 unspecified atom stereocenters. The third-order valence-corrected chi connectivity index (χ3v) is 3.37. The largest absolute Gasteiger partial charge is 0.362 e. The number of carbonyl (C=O) groups is 1. The molecule has 2 rings (SSSR count). The lowest BCUT2D eigenvalue weighted by Gasteiger charge is -2.02. The Morgan fingerprint density at radius 2 is 1.75 bits per heavy atom. The van der Waals surface area contributed by atoms with Crippen molar-refractivity contribution in [3.63, 3.8) is 0 Å². The maximum Gasteiger partial charge on any atom is 0.187 e. The number of benzene rings is 2. The molecule has 0 saturated carbocycles. The summed E-state index contributed by atoms with van der Waals surface area (Å²) in [5.41, 5.74) is 3.89. The number of allylic oxidation sites excluding steroid dienone is 1. The van der Waals surface area contributed by atoms with Crippen LogP contribution in [0.1, 0.15) is 21.5 Å². The van der Waals surface area contributed by atoms with Crippen LogP contribution in [0.5, 0.6) is 0 Å². The zero-order valence-electron chi connectivity index (χ0n) is 11.5. The smallest absolute Gasteiger partial charge is 0.187 e. The van der Waals surface area contributed by atoms with Crippen molar-refractivity contribution in [1.29, 1.82) is 0 Å². The monoisotopic (exact) mass is 285 g/mol. The Labute approximate surface area is 124 Å². The van der Waals surface area contributed by atoms with Crippen LogP contribution in [0.25, 0.3) is 0 Å². The first-order valence-corrected chi connectivity index (χ1v) is 6.74. The predicted octanol–water partition coefficient (Wildman–Crippen LogP) is 4.77. The molecule has 0 aliphatic carbocycles. The van der Waals surface area contributed by atoms with Gasteiger partial charge in [-0.2, -0.15) is 0 Å². The first kappa shape index (κ1) is 14.4. The highest BCUT2D eigenvalue weighted by Gasteiger charge is 2.02. The molecule has 0 atom stereocenters. The fraction of sp³-hybridized carbons (Fsp3) is 0.118. The van der Waals surface area contributed by atoms with Crippen molar-refractivity contribution in [3.05, 3.63) is 76.5 Å². The molecule has 0 aliphatic heterocycles. The number of carbonyl (C=O) groups excluding carboxylic acids is 1. The minimum absolute atomic E-state index is 0.0189. The van der Waals surface area contributed by atoms with E-state index >= 15 is 0 Å². The summed E-state index contributed by atoms with van der Waals surface area (Å²) in [5, 5.41) is 3.72. The fourth-order valence-corrected chi connectivity index (χ4v) is 1.88. The number of aryl methyl sites for hydroxylation is 2. The van der Waals surface area contributed by atoms with Gasteiger partial charge in [0.05, 0.1) is 0 Å². The molecular weight excluding hydrogens is 270 g/mol. The molecule has 0 bridgehead atoms. The van der Waals surface area contributed by atoms with Gasteiger partial charge in [0.1, 0.15) is 0 Å². The molecule has 3 heteroatoms. The summed E-state index contributed by atoms with van der Waals surface area (Å²) in [5.74, 6) is -0.0189. The minimum atomic E-state index is -0.0189. The molecule has 0 spiro atoms. The summed E-state index contributed by atoms with van der Waals surface area (Å²) in [6, 6.07) is 13.0. The lowest BCUT2D eigenvalue weighted by molar-refractivity contribution is 0.104. The van der Waals surface area contributed by atoms with E-state index in [1.807, 2.05) is 44.2 Å². The van der Waals surface area contributed by atoms with Crippen molar-refractivity contribution in [1.82, 2.24) is 0 Å². The van der Waals surface area contributed by atoms with Gasteiger partial charge in [-0.3, -0.25) is 4.79 Å². The summed E-state index contributed by atoms with van der Waals surface area (Å²) in [4.78, 5) is 12.0. The molecule has 2 aromatic rings. The van der Waals surface area contributed by atoms with Crippen LogP contribution in [0.4, 0.5) is 5.69 Å². The molecule has 0 aliphatic rings. The Balaban J connectivity index is 2.01. The van der Waals surface area contributed by atoms with Crippen LogP contribution in [0.2, 0.25) is 5.02 Å². The maximum atomic E-state index is 12.0. The Morgan fingerprint density at radius 1 is 1.05 bits per heavy atom. The highest BCUT2D eigenvalue weighted by molar-refractivity contribution is 6.30. The highest BCUT2D eigenvalue weighted by Crippen LogP contribution is 2.14. The van der Waals surface area contributed by atoms with E-state index in [0.717, 1.165) is 11.3 Å². The van der Waals surface area contributed by atoms with E-state index < -0.39 is 0 Å². The van der Waals surface area contributed by atoms with Gasteiger partial charge >= 0.3 is 0 Å². The zero-order valence-corrected chi connectivity index (χ0v) is 12.2. The van der Waals surface area contributed by atoms with E-state index in [1.165, 1.54) is 11.6 Å². The normalized spacial score (nSPS) is 10.8. The quantitative estimate of drug-likeness (QED) is 0.648. The number of hydrogen-bond acceptors (Lipinski definition) is 2. The van der Waals surface area contributed by atoms with E-state index in [2.05, 4.69) is 5.32 Å². The van der Waals surface area contributed by atoms with Crippen LogP contribution in [0.3, 0.4) is 0 Å². The molecule has 102 valence electrons. The SMILES string of the molecule is Cc1ccc(C(=O)/C=C/Nc2ccc(Cl)cc2)cc1C. The number of ketones is 1. The molecule has 0 fully saturated rings. The standard InChI is InChI=1S/C17H16ClNO/c1-12-3-4-14(11-13(12)2)17(20)9-10-19-16-7-5-15(18)6-8-16/h3-11,19H,1-2H3/b10-9+. The van der Waals surface area contributed by atoms with Crippen molar-refractivity contribution in [2.45, 2.75) is 13.8 Å². The van der Waals surface area contributed by atoms with Crippen LogP contribution in [-0.2, 0) is 0 Å². The molecule has 2 aromatic carbocycles. The number of rotatable bonds is 4. The number of nitrogens with one attached hydrogen (secondary N) is 1. The number of hydrogen-bond donors (Lipinski definition) is 1. The van der Waals surface area contributed by atoms with Gasteiger partial charge in [0.2, 0.25) is 0 Å². The van der Waals surface area contributed by atoms with Gasteiger partial charge in [-0.1, -0.05) is 23.7 Å². The highest BCUT2D eigenvalue weighted by atomic mass is 35.5. The predicted molar refractivity (Wildman–Crippen MR) is 84.5 cm³/mol. The average Bonchev–Trinajstić information content (AvgIpc) is 2.44. The van der Waals surface area contributed by atoms with Gasteiger partial charge in [0.25, 0.3) is 0 Å². The zero-order chi connectivity index (χ0) is 14.5. The second kappa shape index (κ2) is 6.40. The van der Waals surface area contributed by atoms with Crippen LogP contribution in [0, 0.1) is 13.8 Å². The minimum Gasteiger partial charge on any atom is -0.362 e. The van der Waals surface area contributed by atoms with Gasteiger partial charge in [-0.15, -0.1) is 0 Å². The third-order valence-electron chi connectivity index (χ3n) is 3.12. The molecule has 1 N–H and O–H groups in total. The molecular formula is C17H16ClNO. The van der Waals surface area contributed by atoms with Gasteiger partial charge in [-0.25, -0.2) is 0 Å². The first-order chi connectivity index (χ1) is 9.56. The summed E-state index contributed by atoms with van der Waals surface area (Å²) >= 11 is 5.80. The third kappa shape index (κ3) is 3.72. The Kier molecular flexibility index (Phi) is 4.59. The first-order valence-electron chi connectivity index (χ1n) is 6.36. The molecule has 2 nitrogen and oxygen atoms in total. The molecule has 0 saturated heterocycles. The van der Waals surface area contributed by atoms with E-state index in [9.17, 15) is 4.79 Å². The Hall–Kier alpha value is -2.06. The van der Waals surface area contributed by atoms with Gasteiger partial charge < -0.3 is 5.32 Å². The summed E-state index contributed by atoms with van der Waals surface area (Å²) in [6.07, 6.45) is 3.17.